The molecule has 1 N–H and O–H groups in total. The zero-order valence-electron chi connectivity index (χ0n) is 18.4. The molecule has 1 saturated heterocycles. The molecule has 31 heavy (non-hydrogen) atoms. The number of halogens is 1. The number of alkyl halides is 1. The fraction of sp³-hybridized carbons (Fsp3) is 0.583. The SMILES string of the molecule is COc1ccc2nccc([C@H](F)CC[C@@H]3CCN(CCCSC)C[C@@H]3CC(=O)O)c2c1. The summed E-state index contributed by atoms with van der Waals surface area (Å²) in [6.07, 6.45) is 5.96. The van der Waals surface area contributed by atoms with Crippen molar-refractivity contribution in [1.82, 2.24) is 9.88 Å². The summed E-state index contributed by atoms with van der Waals surface area (Å²) < 4.78 is 20.6. The van der Waals surface area contributed by atoms with Crippen LogP contribution >= 0.6 is 11.8 Å². The van der Waals surface area contributed by atoms with Crippen molar-refractivity contribution >= 4 is 28.6 Å². The lowest BCUT2D eigenvalue weighted by Crippen LogP contribution is -2.42. The van der Waals surface area contributed by atoms with Gasteiger partial charge < -0.3 is 14.7 Å². The predicted molar refractivity (Wildman–Crippen MR) is 125 cm³/mol. The summed E-state index contributed by atoms with van der Waals surface area (Å²) in [7, 11) is 1.60. The largest absolute Gasteiger partial charge is 0.497 e. The summed E-state index contributed by atoms with van der Waals surface area (Å²) in [5, 5.41) is 10.2. The Morgan fingerprint density at radius 1 is 1.39 bits per heavy atom. The zero-order valence-corrected chi connectivity index (χ0v) is 19.2. The molecule has 0 spiro atoms. The van der Waals surface area contributed by atoms with E-state index in [-0.39, 0.29) is 18.3 Å². The molecule has 1 aliphatic rings. The molecule has 0 radical (unpaired) electrons. The molecular weight excluding hydrogens is 415 g/mol. The van der Waals surface area contributed by atoms with Crippen LogP contribution in [0.1, 0.15) is 43.8 Å². The van der Waals surface area contributed by atoms with Crippen LogP contribution in [-0.2, 0) is 4.79 Å². The van der Waals surface area contributed by atoms with E-state index < -0.39 is 12.1 Å². The number of benzene rings is 1. The second-order valence-corrected chi connectivity index (χ2v) is 9.37. The number of aliphatic carboxylic acids is 1. The average molecular weight is 449 g/mol. The molecule has 170 valence electrons. The number of thioether (sulfide) groups is 1. The average Bonchev–Trinajstić information content (AvgIpc) is 2.77. The minimum Gasteiger partial charge on any atom is -0.497 e. The highest BCUT2D eigenvalue weighted by molar-refractivity contribution is 7.98. The number of likely N-dealkylation sites (tertiary alicyclic amines) is 1. The molecule has 0 amide bonds. The van der Waals surface area contributed by atoms with E-state index in [0.29, 0.717) is 24.2 Å². The van der Waals surface area contributed by atoms with Gasteiger partial charge in [-0.1, -0.05) is 0 Å². The van der Waals surface area contributed by atoms with Crippen LogP contribution in [0.3, 0.4) is 0 Å². The van der Waals surface area contributed by atoms with Gasteiger partial charge in [-0.3, -0.25) is 9.78 Å². The van der Waals surface area contributed by atoms with Crippen molar-refractivity contribution in [3.05, 3.63) is 36.0 Å². The molecule has 1 aromatic heterocycles. The Hall–Kier alpha value is -1.86. The van der Waals surface area contributed by atoms with Crippen LogP contribution in [0, 0.1) is 11.8 Å². The maximum atomic E-state index is 15.3. The molecule has 0 bridgehead atoms. The van der Waals surface area contributed by atoms with Crippen molar-refractivity contribution in [2.24, 2.45) is 11.8 Å². The Morgan fingerprint density at radius 2 is 2.23 bits per heavy atom. The fourth-order valence-electron chi connectivity index (χ4n) is 4.69. The standard InChI is InChI=1S/C24H33FN2O3S/c1-30-19-5-7-23-21(15-19)20(8-10-26-23)22(25)6-4-17-9-12-27(11-3-13-31-2)16-18(17)14-24(28)29/h5,7-8,10,15,17-18,22H,3-4,6,9,11-14,16H2,1-2H3,(H,28,29)/t17-,18+,22-/m1/s1. The lowest BCUT2D eigenvalue weighted by atomic mass is 9.79. The van der Waals surface area contributed by atoms with Gasteiger partial charge in [0.05, 0.1) is 12.6 Å². The van der Waals surface area contributed by atoms with E-state index in [4.69, 9.17) is 4.74 Å². The van der Waals surface area contributed by atoms with Crippen LogP contribution in [0.4, 0.5) is 4.39 Å². The molecule has 7 heteroatoms. The Balaban J connectivity index is 1.65. The molecular formula is C24H33FN2O3S. The van der Waals surface area contributed by atoms with E-state index in [1.165, 1.54) is 0 Å². The molecule has 3 rings (SSSR count). The van der Waals surface area contributed by atoms with Crippen molar-refractivity contribution in [2.75, 3.05) is 38.8 Å². The minimum absolute atomic E-state index is 0.0852. The molecule has 1 fully saturated rings. The molecule has 1 aromatic carbocycles. The highest BCUT2D eigenvalue weighted by Gasteiger charge is 2.31. The number of piperidine rings is 1. The van der Waals surface area contributed by atoms with Crippen LogP contribution in [0.5, 0.6) is 5.75 Å². The number of pyridine rings is 1. The Kier molecular flexibility index (Phi) is 8.96. The van der Waals surface area contributed by atoms with Crippen LogP contribution in [0.2, 0.25) is 0 Å². The van der Waals surface area contributed by atoms with Gasteiger partial charge in [-0.2, -0.15) is 11.8 Å². The quantitative estimate of drug-likeness (QED) is 0.477. The summed E-state index contributed by atoms with van der Waals surface area (Å²) in [6, 6.07) is 7.26. The highest BCUT2D eigenvalue weighted by Crippen LogP contribution is 2.36. The Bertz CT molecular complexity index is 866. The number of carboxylic acid groups (broad SMARTS) is 1. The van der Waals surface area contributed by atoms with Crippen LogP contribution in [0.15, 0.2) is 30.5 Å². The summed E-state index contributed by atoms with van der Waals surface area (Å²) in [6.45, 7) is 2.79. The molecule has 2 aromatic rings. The van der Waals surface area contributed by atoms with Gasteiger partial charge in [0.2, 0.25) is 0 Å². The van der Waals surface area contributed by atoms with Crippen LogP contribution < -0.4 is 4.74 Å². The number of rotatable bonds is 11. The predicted octanol–water partition coefficient (Wildman–Crippen LogP) is 5.20. The van der Waals surface area contributed by atoms with Crippen molar-refractivity contribution in [3.8, 4) is 5.75 Å². The lowest BCUT2D eigenvalue weighted by Gasteiger charge is -2.38. The number of aromatic nitrogens is 1. The molecule has 0 saturated carbocycles. The third kappa shape index (κ3) is 6.56. The second kappa shape index (κ2) is 11.7. The number of hydrogen-bond acceptors (Lipinski definition) is 5. The molecule has 3 atom stereocenters. The Morgan fingerprint density at radius 3 is 2.97 bits per heavy atom. The van der Waals surface area contributed by atoms with E-state index in [2.05, 4.69) is 16.1 Å². The Labute approximate surface area is 188 Å². The maximum Gasteiger partial charge on any atom is 0.303 e. The van der Waals surface area contributed by atoms with E-state index in [9.17, 15) is 9.90 Å². The summed E-state index contributed by atoms with van der Waals surface area (Å²) in [5.41, 5.74) is 1.39. The molecule has 1 aliphatic heterocycles. The summed E-state index contributed by atoms with van der Waals surface area (Å²) in [4.78, 5) is 18.2. The van der Waals surface area contributed by atoms with Gasteiger partial charge >= 0.3 is 5.97 Å². The zero-order chi connectivity index (χ0) is 22.2. The van der Waals surface area contributed by atoms with Crippen LogP contribution in [-0.4, -0.2) is 59.7 Å². The van der Waals surface area contributed by atoms with Gasteiger partial charge in [-0.05, 0) is 92.4 Å². The monoisotopic (exact) mass is 448 g/mol. The highest BCUT2D eigenvalue weighted by atomic mass is 32.2. The van der Waals surface area contributed by atoms with Crippen molar-refractivity contribution < 1.29 is 19.0 Å². The number of carbonyl (C=O) groups is 1. The van der Waals surface area contributed by atoms with E-state index in [1.54, 1.807) is 19.4 Å². The van der Waals surface area contributed by atoms with Crippen LogP contribution in [0.25, 0.3) is 10.9 Å². The third-order valence-corrected chi connectivity index (χ3v) is 7.04. The molecule has 2 heterocycles. The van der Waals surface area contributed by atoms with Crippen molar-refractivity contribution in [3.63, 3.8) is 0 Å². The topological polar surface area (TPSA) is 62.7 Å². The van der Waals surface area contributed by atoms with Gasteiger partial charge in [0, 0.05) is 24.5 Å². The number of methoxy groups -OCH3 is 1. The van der Waals surface area contributed by atoms with Gasteiger partial charge in [0.25, 0.3) is 0 Å². The number of fused-ring (bicyclic) bond motifs is 1. The van der Waals surface area contributed by atoms with E-state index >= 15 is 4.39 Å². The first kappa shape index (κ1) is 23.8. The van der Waals surface area contributed by atoms with Crippen molar-refractivity contribution in [1.29, 1.82) is 0 Å². The lowest BCUT2D eigenvalue weighted by molar-refractivity contribution is -0.139. The van der Waals surface area contributed by atoms with E-state index in [0.717, 1.165) is 49.1 Å². The number of ether oxygens (including phenoxy) is 1. The van der Waals surface area contributed by atoms with Gasteiger partial charge in [0.1, 0.15) is 11.9 Å². The molecule has 5 nitrogen and oxygen atoms in total. The summed E-state index contributed by atoms with van der Waals surface area (Å²) >= 11 is 1.84. The molecule has 0 aliphatic carbocycles. The fourth-order valence-corrected chi connectivity index (χ4v) is 5.11. The first-order chi connectivity index (χ1) is 15.0. The third-order valence-electron chi connectivity index (χ3n) is 6.35. The second-order valence-electron chi connectivity index (χ2n) is 8.38. The maximum absolute atomic E-state index is 15.3. The first-order valence-corrected chi connectivity index (χ1v) is 12.4. The summed E-state index contributed by atoms with van der Waals surface area (Å²) in [5.74, 6) is 1.38. The molecule has 0 unspecified atom stereocenters. The van der Waals surface area contributed by atoms with Crippen molar-refractivity contribution in [2.45, 2.75) is 38.3 Å². The smallest absolute Gasteiger partial charge is 0.303 e. The van der Waals surface area contributed by atoms with Gasteiger partial charge in [-0.15, -0.1) is 0 Å². The number of carboxylic acids is 1. The first-order valence-electron chi connectivity index (χ1n) is 11.0. The van der Waals surface area contributed by atoms with E-state index in [1.807, 2.05) is 30.0 Å². The van der Waals surface area contributed by atoms with Gasteiger partial charge in [0.15, 0.2) is 0 Å². The number of nitrogens with zero attached hydrogens (tertiary/aromatic N) is 2. The minimum atomic E-state index is -1.11. The number of hydrogen-bond donors (Lipinski definition) is 1. The normalized spacial score (nSPS) is 20.6. The van der Waals surface area contributed by atoms with Gasteiger partial charge in [-0.25, -0.2) is 4.39 Å².